The summed E-state index contributed by atoms with van der Waals surface area (Å²) in [6, 6.07) is 16.4. The highest BCUT2D eigenvalue weighted by Gasteiger charge is 2.23. The first-order valence-electron chi connectivity index (χ1n) is 7.18. The number of hydrogen-bond acceptors (Lipinski definition) is 2. The van der Waals surface area contributed by atoms with Gasteiger partial charge in [0, 0.05) is 11.1 Å². The van der Waals surface area contributed by atoms with Crippen molar-refractivity contribution in [2.24, 2.45) is 4.99 Å². The van der Waals surface area contributed by atoms with Crippen molar-refractivity contribution in [2.75, 3.05) is 0 Å². The van der Waals surface area contributed by atoms with Crippen LogP contribution in [0.5, 0.6) is 5.75 Å². The minimum atomic E-state index is 0.567. The van der Waals surface area contributed by atoms with Gasteiger partial charge in [-0.1, -0.05) is 54.6 Å². The maximum absolute atomic E-state index is 5.98. The number of ether oxygens (including phenoxy) is 1. The third-order valence-corrected chi connectivity index (χ3v) is 3.77. The lowest BCUT2D eigenvalue weighted by molar-refractivity contribution is 0.307. The molecule has 2 aliphatic rings. The van der Waals surface area contributed by atoms with Crippen molar-refractivity contribution in [1.29, 1.82) is 0 Å². The van der Waals surface area contributed by atoms with E-state index < -0.39 is 0 Å². The highest BCUT2D eigenvalue weighted by molar-refractivity contribution is 6.34. The monoisotopic (exact) mass is 273 g/mol. The van der Waals surface area contributed by atoms with Gasteiger partial charge in [-0.15, -0.1) is 0 Å². The third kappa shape index (κ3) is 2.19. The molecule has 2 aromatic rings. The Morgan fingerprint density at radius 3 is 2.81 bits per heavy atom. The summed E-state index contributed by atoms with van der Waals surface area (Å²) in [5.74, 6) is 0.854. The van der Waals surface area contributed by atoms with Crippen LogP contribution >= 0.6 is 0 Å². The van der Waals surface area contributed by atoms with E-state index in [1.807, 2.05) is 30.3 Å². The number of fused-ring (bicyclic) bond motifs is 3. The summed E-state index contributed by atoms with van der Waals surface area (Å²) < 4.78 is 5.98. The molecule has 21 heavy (non-hydrogen) atoms. The van der Waals surface area contributed by atoms with Gasteiger partial charge in [0.15, 0.2) is 0 Å². The van der Waals surface area contributed by atoms with Gasteiger partial charge in [-0.25, -0.2) is 4.99 Å². The van der Waals surface area contributed by atoms with E-state index >= 15 is 0 Å². The second kappa shape index (κ2) is 5.06. The van der Waals surface area contributed by atoms with Crippen molar-refractivity contribution >= 4 is 17.0 Å². The van der Waals surface area contributed by atoms with E-state index in [1.165, 1.54) is 11.1 Å². The summed E-state index contributed by atoms with van der Waals surface area (Å²) >= 11 is 0. The molecule has 0 amide bonds. The number of hydrogen-bond donors (Lipinski definition) is 0. The minimum absolute atomic E-state index is 0.567. The van der Waals surface area contributed by atoms with E-state index in [9.17, 15) is 0 Å². The predicted molar refractivity (Wildman–Crippen MR) is 86.0 cm³/mol. The summed E-state index contributed by atoms with van der Waals surface area (Å²) in [5.41, 5.74) is 5.59. The fraction of sp³-hybridized carbons (Fsp3) is 0.105. The Morgan fingerprint density at radius 2 is 1.90 bits per heavy atom. The van der Waals surface area contributed by atoms with Crippen LogP contribution in [0.1, 0.15) is 17.5 Å². The largest absolute Gasteiger partial charge is 0.487 e. The first kappa shape index (κ1) is 12.2. The molecule has 0 fully saturated rings. The maximum atomic E-state index is 5.98. The van der Waals surface area contributed by atoms with Crippen LogP contribution in [-0.4, -0.2) is 5.71 Å². The summed E-state index contributed by atoms with van der Waals surface area (Å²) in [4.78, 5) is 4.72. The van der Waals surface area contributed by atoms with Gasteiger partial charge in [0.05, 0.1) is 5.71 Å². The van der Waals surface area contributed by atoms with E-state index in [-0.39, 0.29) is 0 Å². The van der Waals surface area contributed by atoms with Gasteiger partial charge in [-0.05, 0) is 24.1 Å². The fourth-order valence-electron chi connectivity index (χ4n) is 2.73. The second-order valence-electron chi connectivity index (χ2n) is 5.18. The van der Waals surface area contributed by atoms with E-state index in [1.54, 1.807) is 0 Å². The number of nitrogens with zero attached hydrogens (tertiary/aromatic N) is 1. The van der Waals surface area contributed by atoms with Crippen LogP contribution in [0.2, 0.25) is 0 Å². The molecule has 0 radical (unpaired) electrons. The lowest BCUT2D eigenvalue weighted by Crippen LogP contribution is -1.96. The Labute approximate surface area is 124 Å². The number of rotatable bonds is 3. The fourth-order valence-corrected chi connectivity index (χ4v) is 2.73. The Morgan fingerprint density at radius 1 is 1.00 bits per heavy atom. The number of aliphatic imine (C=N–C) groups is 1. The molecule has 1 aliphatic carbocycles. The molecule has 0 atom stereocenters. The average Bonchev–Trinajstić information content (AvgIpc) is 2.93. The van der Waals surface area contributed by atoms with Gasteiger partial charge >= 0.3 is 0 Å². The number of allylic oxidation sites excluding steroid dienone is 4. The highest BCUT2D eigenvalue weighted by Crippen LogP contribution is 2.43. The standard InChI is InChI=1S/C19H15NO/c1-2-7-14(8-3-1)13-21-18-12-6-10-16-15-9-4-5-11-17(15)20-19(16)18/h1-3,5-12H,4,13H2. The Balaban J connectivity index is 1.65. The Hall–Kier alpha value is -2.61. The molecule has 0 unspecified atom stereocenters. The van der Waals surface area contributed by atoms with Crippen LogP contribution in [0.25, 0.3) is 5.57 Å². The van der Waals surface area contributed by atoms with Crippen molar-refractivity contribution in [1.82, 2.24) is 0 Å². The van der Waals surface area contributed by atoms with Crippen molar-refractivity contribution in [3.8, 4) is 5.75 Å². The molecular weight excluding hydrogens is 258 g/mol. The zero-order valence-electron chi connectivity index (χ0n) is 11.6. The molecular formula is C19H15NO. The zero-order valence-corrected chi connectivity index (χ0v) is 11.6. The normalized spacial score (nSPS) is 15.0. The first-order chi connectivity index (χ1) is 10.4. The third-order valence-electron chi connectivity index (χ3n) is 3.77. The van der Waals surface area contributed by atoms with Gasteiger partial charge in [0.2, 0.25) is 0 Å². The topological polar surface area (TPSA) is 21.6 Å². The molecule has 0 aromatic heterocycles. The minimum Gasteiger partial charge on any atom is -0.487 e. The number of benzene rings is 2. The van der Waals surface area contributed by atoms with E-state index in [4.69, 9.17) is 9.73 Å². The smallest absolute Gasteiger partial charge is 0.146 e. The van der Waals surface area contributed by atoms with E-state index in [2.05, 4.69) is 36.4 Å². The molecule has 0 saturated heterocycles. The van der Waals surface area contributed by atoms with Crippen molar-refractivity contribution < 1.29 is 4.74 Å². The molecule has 0 N–H and O–H groups in total. The second-order valence-corrected chi connectivity index (χ2v) is 5.18. The van der Waals surface area contributed by atoms with Crippen LogP contribution in [0.3, 0.4) is 0 Å². The molecule has 4 rings (SSSR count). The molecule has 0 saturated carbocycles. The van der Waals surface area contributed by atoms with Crippen molar-refractivity contribution in [2.45, 2.75) is 13.0 Å². The summed E-state index contributed by atoms with van der Waals surface area (Å²) in [6.45, 7) is 0.567. The van der Waals surface area contributed by atoms with E-state index in [0.717, 1.165) is 29.1 Å². The van der Waals surface area contributed by atoms with Crippen LogP contribution in [-0.2, 0) is 6.61 Å². The predicted octanol–water partition coefficient (Wildman–Crippen LogP) is 4.70. The lowest BCUT2D eigenvalue weighted by Gasteiger charge is -2.10. The van der Waals surface area contributed by atoms with Crippen LogP contribution in [0.4, 0.5) is 5.69 Å². The molecule has 0 bridgehead atoms. The Kier molecular flexibility index (Phi) is 2.93. The van der Waals surface area contributed by atoms with Gasteiger partial charge < -0.3 is 4.74 Å². The van der Waals surface area contributed by atoms with Crippen LogP contribution < -0.4 is 4.74 Å². The van der Waals surface area contributed by atoms with Crippen molar-refractivity contribution in [3.05, 3.63) is 77.9 Å². The van der Waals surface area contributed by atoms with Crippen molar-refractivity contribution in [3.63, 3.8) is 0 Å². The summed E-state index contributed by atoms with van der Waals surface area (Å²) in [5, 5.41) is 0. The van der Waals surface area contributed by atoms with Gasteiger partial charge in [-0.2, -0.15) is 0 Å². The number of para-hydroxylation sites is 1. The van der Waals surface area contributed by atoms with Gasteiger partial charge in [0.25, 0.3) is 0 Å². The summed E-state index contributed by atoms with van der Waals surface area (Å²) in [7, 11) is 0. The lowest BCUT2D eigenvalue weighted by atomic mass is 9.98. The zero-order chi connectivity index (χ0) is 14.1. The van der Waals surface area contributed by atoms with E-state index in [0.29, 0.717) is 6.61 Å². The van der Waals surface area contributed by atoms with Gasteiger partial charge in [-0.3, -0.25) is 0 Å². The summed E-state index contributed by atoms with van der Waals surface area (Å²) in [6.07, 6.45) is 7.43. The molecule has 2 aromatic carbocycles. The Bertz CT molecular complexity index is 769. The SMILES string of the molecule is C1=CC2=Nc3c(OCc4ccccc4)cccc3C2=CC1. The average molecular weight is 273 g/mol. The molecule has 102 valence electrons. The van der Waals surface area contributed by atoms with Crippen LogP contribution in [0, 0.1) is 0 Å². The molecule has 2 nitrogen and oxygen atoms in total. The highest BCUT2D eigenvalue weighted by atomic mass is 16.5. The molecule has 0 spiro atoms. The van der Waals surface area contributed by atoms with Crippen LogP contribution in [0.15, 0.2) is 71.8 Å². The first-order valence-corrected chi connectivity index (χ1v) is 7.18. The quantitative estimate of drug-likeness (QED) is 0.794. The molecule has 2 heteroatoms. The molecule has 1 heterocycles. The molecule has 1 aliphatic heterocycles. The maximum Gasteiger partial charge on any atom is 0.146 e. The van der Waals surface area contributed by atoms with Gasteiger partial charge in [0.1, 0.15) is 18.0 Å².